The third-order valence-electron chi connectivity index (χ3n) is 3.26. The molecule has 1 aliphatic heterocycles. The smallest absolute Gasteiger partial charge is 0.378 e. The zero-order valence-electron chi connectivity index (χ0n) is 10.6. The van der Waals surface area contributed by atoms with Gasteiger partial charge >= 0.3 is 5.82 Å². The van der Waals surface area contributed by atoms with Gasteiger partial charge < -0.3 is 25.5 Å². The number of nitrogens with one attached hydrogen (secondary N) is 2. The van der Waals surface area contributed by atoms with Crippen LogP contribution in [0.3, 0.4) is 0 Å². The van der Waals surface area contributed by atoms with Crippen molar-refractivity contribution in [3.63, 3.8) is 0 Å². The molecular weight excluding hydrogens is 238 g/mol. The third-order valence-corrected chi connectivity index (χ3v) is 3.26. The van der Waals surface area contributed by atoms with E-state index in [9.17, 15) is 10.1 Å². The molecule has 2 heterocycles. The molecular formula is C10H17N5O3. The number of anilines is 1. The highest BCUT2D eigenvalue weighted by Gasteiger charge is 2.31. The van der Waals surface area contributed by atoms with Crippen molar-refractivity contribution in [1.82, 2.24) is 14.9 Å². The lowest BCUT2D eigenvalue weighted by atomic mass is 10.2. The quantitative estimate of drug-likeness (QED) is 0.582. The van der Waals surface area contributed by atoms with Crippen molar-refractivity contribution < 1.29 is 9.66 Å². The van der Waals surface area contributed by atoms with Gasteiger partial charge in [-0.05, 0) is 9.91 Å². The molecule has 100 valence electrons. The Kier molecular flexibility index (Phi) is 3.48. The molecule has 0 saturated carbocycles. The van der Waals surface area contributed by atoms with Crippen LogP contribution >= 0.6 is 0 Å². The van der Waals surface area contributed by atoms with Crippen molar-refractivity contribution in [2.24, 2.45) is 7.05 Å². The number of hydrogen-bond acceptors (Lipinski definition) is 6. The number of nitrogens with zero attached hydrogens (tertiary/aromatic N) is 3. The van der Waals surface area contributed by atoms with Crippen molar-refractivity contribution in [3.8, 4) is 0 Å². The van der Waals surface area contributed by atoms with E-state index < -0.39 is 4.92 Å². The van der Waals surface area contributed by atoms with E-state index in [1.165, 1.54) is 0 Å². The van der Waals surface area contributed by atoms with Crippen LogP contribution in [-0.4, -0.2) is 46.8 Å². The Balaban J connectivity index is 2.25. The van der Waals surface area contributed by atoms with E-state index >= 15 is 0 Å². The first-order valence-corrected chi connectivity index (χ1v) is 5.72. The molecule has 8 nitrogen and oxygen atoms in total. The molecule has 0 aliphatic carbocycles. The maximum absolute atomic E-state index is 11.0. The minimum Gasteiger partial charge on any atom is -0.378 e. The van der Waals surface area contributed by atoms with E-state index in [0.29, 0.717) is 18.2 Å². The summed E-state index contributed by atoms with van der Waals surface area (Å²) in [5, 5.41) is 17.3. The van der Waals surface area contributed by atoms with Crippen LogP contribution in [0.15, 0.2) is 0 Å². The van der Waals surface area contributed by atoms with Gasteiger partial charge in [0.2, 0.25) is 11.6 Å². The molecule has 1 aliphatic rings. The largest absolute Gasteiger partial charge is 0.406 e. The summed E-state index contributed by atoms with van der Waals surface area (Å²) < 4.78 is 7.00. The van der Waals surface area contributed by atoms with Gasteiger partial charge in [-0.2, -0.15) is 0 Å². The summed E-state index contributed by atoms with van der Waals surface area (Å²) in [4.78, 5) is 14.4. The molecule has 2 rings (SSSR count). The lowest BCUT2D eigenvalue weighted by Gasteiger charge is -2.19. The maximum atomic E-state index is 11.0. The SMILES string of the molecule is CO[C@H]1CNCC1Nc1c([N+](=O)[O-])nc(C)n1C. The Morgan fingerprint density at radius 1 is 1.61 bits per heavy atom. The highest BCUT2D eigenvalue weighted by molar-refractivity contribution is 5.54. The van der Waals surface area contributed by atoms with Gasteiger partial charge in [0.15, 0.2) is 0 Å². The lowest BCUT2D eigenvalue weighted by molar-refractivity contribution is -0.388. The van der Waals surface area contributed by atoms with Gasteiger partial charge in [-0.1, -0.05) is 0 Å². The molecule has 2 N–H and O–H groups in total. The van der Waals surface area contributed by atoms with Crippen LogP contribution in [0.2, 0.25) is 0 Å². The fourth-order valence-electron chi connectivity index (χ4n) is 2.10. The van der Waals surface area contributed by atoms with E-state index in [0.717, 1.165) is 6.54 Å². The van der Waals surface area contributed by atoms with E-state index in [-0.39, 0.29) is 18.0 Å². The minimum absolute atomic E-state index is 0.000176. The zero-order valence-corrected chi connectivity index (χ0v) is 10.6. The van der Waals surface area contributed by atoms with Crippen molar-refractivity contribution in [1.29, 1.82) is 0 Å². The summed E-state index contributed by atoms with van der Waals surface area (Å²) in [6.07, 6.45) is -0.000176. The number of ether oxygens (including phenoxy) is 1. The predicted molar refractivity (Wildman–Crippen MR) is 65.7 cm³/mol. The predicted octanol–water partition coefficient (Wildman–Crippen LogP) is 0.0354. The molecule has 1 aromatic heterocycles. The summed E-state index contributed by atoms with van der Waals surface area (Å²) in [6, 6.07) is 0.00324. The Morgan fingerprint density at radius 2 is 2.33 bits per heavy atom. The summed E-state index contributed by atoms with van der Waals surface area (Å²) in [7, 11) is 3.39. The first kappa shape index (κ1) is 12.8. The molecule has 0 amide bonds. The molecule has 1 fully saturated rings. The normalized spacial score (nSPS) is 23.3. The van der Waals surface area contributed by atoms with Gasteiger partial charge in [0.05, 0.1) is 12.1 Å². The second kappa shape index (κ2) is 4.91. The van der Waals surface area contributed by atoms with Gasteiger partial charge in [-0.15, -0.1) is 0 Å². The average Bonchev–Trinajstić information content (AvgIpc) is 2.88. The minimum atomic E-state index is -0.473. The lowest BCUT2D eigenvalue weighted by Crippen LogP contribution is -2.34. The number of aryl methyl sites for hydroxylation is 1. The van der Waals surface area contributed by atoms with E-state index in [1.54, 1.807) is 25.6 Å². The fourth-order valence-corrected chi connectivity index (χ4v) is 2.10. The van der Waals surface area contributed by atoms with E-state index in [4.69, 9.17) is 4.74 Å². The monoisotopic (exact) mass is 255 g/mol. The number of hydrogen-bond donors (Lipinski definition) is 2. The first-order chi connectivity index (χ1) is 8.54. The van der Waals surface area contributed by atoms with Gasteiger partial charge in [0.25, 0.3) is 0 Å². The Hall–Kier alpha value is -1.67. The van der Waals surface area contributed by atoms with E-state index in [1.807, 2.05) is 0 Å². The number of methoxy groups -OCH3 is 1. The maximum Gasteiger partial charge on any atom is 0.406 e. The van der Waals surface area contributed by atoms with Crippen LogP contribution in [0.4, 0.5) is 11.6 Å². The number of rotatable bonds is 4. The van der Waals surface area contributed by atoms with Gasteiger partial charge in [0, 0.05) is 34.2 Å². The standard InChI is InChI=1S/C10H17N5O3/c1-6-12-10(15(16)17)9(14(6)2)13-7-4-11-5-8(7)18-3/h7-8,11,13H,4-5H2,1-3H3/t7?,8-/m0/s1. The number of nitro groups is 1. The Bertz CT molecular complexity index is 459. The van der Waals surface area contributed by atoms with Crippen LogP contribution in [0, 0.1) is 17.0 Å². The van der Waals surface area contributed by atoms with Crippen molar-refractivity contribution >= 4 is 11.6 Å². The van der Waals surface area contributed by atoms with Crippen LogP contribution in [0.25, 0.3) is 0 Å². The number of imidazole rings is 1. The Morgan fingerprint density at radius 3 is 2.94 bits per heavy atom. The average molecular weight is 255 g/mol. The van der Waals surface area contributed by atoms with Crippen molar-refractivity contribution in [2.75, 3.05) is 25.5 Å². The highest BCUT2D eigenvalue weighted by atomic mass is 16.6. The highest BCUT2D eigenvalue weighted by Crippen LogP contribution is 2.25. The molecule has 0 spiro atoms. The first-order valence-electron chi connectivity index (χ1n) is 5.72. The van der Waals surface area contributed by atoms with Crippen LogP contribution in [0.5, 0.6) is 0 Å². The molecule has 1 aromatic rings. The van der Waals surface area contributed by atoms with Gasteiger partial charge in [-0.25, -0.2) is 0 Å². The van der Waals surface area contributed by atoms with Gasteiger partial charge in [-0.3, -0.25) is 4.57 Å². The molecule has 8 heteroatoms. The molecule has 18 heavy (non-hydrogen) atoms. The summed E-state index contributed by atoms with van der Waals surface area (Å²) >= 11 is 0. The second-order valence-electron chi connectivity index (χ2n) is 4.33. The fraction of sp³-hybridized carbons (Fsp3) is 0.700. The molecule has 1 saturated heterocycles. The van der Waals surface area contributed by atoms with Crippen molar-refractivity contribution in [2.45, 2.75) is 19.1 Å². The van der Waals surface area contributed by atoms with Crippen LogP contribution in [-0.2, 0) is 11.8 Å². The van der Waals surface area contributed by atoms with Crippen molar-refractivity contribution in [3.05, 3.63) is 15.9 Å². The summed E-state index contributed by atoms with van der Waals surface area (Å²) in [6.45, 7) is 3.18. The zero-order chi connectivity index (χ0) is 13.3. The molecule has 2 atom stereocenters. The van der Waals surface area contributed by atoms with E-state index in [2.05, 4.69) is 15.6 Å². The topological polar surface area (TPSA) is 94.2 Å². The van der Waals surface area contributed by atoms with Crippen LogP contribution in [0.1, 0.15) is 5.82 Å². The van der Waals surface area contributed by atoms with Gasteiger partial charge in [0.1, 0.15) is 0 Å². The van der Waals surface area contributed by atoms with Crippen LogP contribution < -0.4 is 10.6 Å². The molecule has 1 unspecified atom stereocenters. The molecule has 0 bridgehead atoms. The number of aromatic nitrogens is 2. The summed E-state index contributed by atoms with van der Waals surface area (Å²) in [5.74, 6) is 0.883. The third kappa shape index (κ3) is 2.16. The second-order valence-corrected chi connectivity index (χ2v) is 4.33. The Labute approximate surface area is 104 Å². The summed E-state index contributed by atoms with van der Waals surface area (Å²) in [5.41, 5.74) is 0. The molecule has 0 aromatic carbocycles. The molecule has 0 radical (unpaired) electrons.